The van der Waals surface area contributed by atoms with E-state index in [1.54, 1.807) is 18.3 Å². The van der Waals surface area contributed by atoms with Crippen LogP contribution in [0.15, 0.2) is 48.7 Å². The minimum Gasteiger partial charge on any atom is -0.384 e. The van der Waals surface area contributed by atoms with Crippen molar-refractivity contribution in [1.82, 2.24) is 9.88 Å². The zero-order valence-corrected chi connectivity index (χ0v) is 13.7. The third-order valence-corrected chi connectivity index (χ3v) is 4.22. The second kappa shape index (κ2) is 7.79. The first-order valence-corrected chi connectivity index (χ1v) is 8.24. The van der Waals surface area contributed by atoms with Gasteiger partial charge in [-0.3, -0.25) is 9.69 Å². The van der Waals surface area contributed by atoms with Gasteiger partial charge in [-0.05, 0) is 24.3 Å². The van der Waals surface area contributed by atoms with Gasteiger partial charge in [0.25, 0.3) is 0 Å². The highest BCUT2D eigenvalue weighted by molar-refractivity contribution is 5.90. The minimum absolute atomic E-state index is 0.00654. The molecule has 1 aromatic heterocycles. The number of amides is 1. The van der Waals surface area contributed by atoms with Gasteiger partial charge in [-0.1, -0.05) is 18.2 Å². The number of carbonyl (C=O) groups excluding carboxylic acids is 1. The van der Waals surface area contributed by atoms with E-state index in [4.69, 9.17) is 5.73 Å². The maximum absolute atomic E-state index is 12.0. The maximum Gasteiger partial charge on any atom is 0.225 e. The van der Waals surface area contributed by atoms with Gasteiger partial charge in [0.05, 0.1) is 11.9 Å². The number of nitrogens with one attached hydrogen (secondary N) is 1. The number of hydrogen-bond acceptors (Lipinski definition) is 5. The highest BCUT2D eigenvalue weighted by Gasteiger charge is 2.17. The fourth-order valence-corrected chi connectivity index (χ4v) is 2.83. The Morgan fingerprint density at radius 3 is 2.50 bits per heavy atom. The molecule has 1 saturated heterocycles. The lowest BCUT2D eigenvalue weighted by Gasteiger charge is -2.36. The molecule has 1 aliphatic heterocycles. The summed E-state index contributed by atoms with van der Waals surface area (Å²) in [4.78, 5) is 20.7. The van der Waals surface area contributed by atoms with Gasteiger partial charge in [0.15, 0.2) is 0 Å². The van der Waals surface area contributed by atoms with Crippen LogP contribution in [0.3, 0.4) is 0 Å². The molecule has 0 spiro atoms. The van der Waals surface area contributed by atoms with Gasteiger partial charge in [-0.2, -0.15) is 0 Å². The third-order valence-electron chi connectivity index (χ3n) is 4.22. The van der Waals surface area contributed by atoms with Gasteiger partial charge < -0.3 is 16.0 Å². The van der Waals surface area contributed by atoms with Gasteiger partial charge in [0.2, 0.25) is 5.91 Å². The van der Waals surface area contributed by atoms with Crippen LogP contribution in [0.25, 0.3) is 0 Å². The summed E-state index contributed by atoms with van der Waals surface area (Å²) >= 11 is 0. The number of hydrogen-bond donors (Lipinski definition) is 2. The summed E-state index contributed by atoms with van der Waals surface area (Å²) in [5.41, 5.74) is 7.49. The van der Waals surface area contributed by atoms with E-state index in [2.05, 4.69) is 44.4 Å². The van der Waals surface area contributed by atoms with Crippen LogP contribution in [0.5, 0.6) is 0 Å². The Bertz CT molecular complexity index is 651. The van der Waals surface area contributed by atoms with Crippen LogP contribution >= 0.6 is 0 Å². The molecule has 3 N–H and O–H groups in total. The number of rotatable bonds is 5. The molecule has 0 saturated carbocycles. The van der Waals surface area contributed by atoms with Crippen molar-refractivity contribution in [3.05, 3.63) is 48.7 Å². The van der Waals surface area contributed by atoms with Crippen LogP contribution in [0.2, 0.25) is 0 Å². The number of nitrogens with zero attached hydrogens (tertiary/aromatic N) is 3. The molecule has 6 nitrogen and oxygen atoms in total. The summed E-state index contributed by atoms with van der Waals surface area (Å²) in [6.45, 7) is 4.72. The first-order valence-electron chi connectivity index (χ1n) is 8.24. The number of carbonyl (C=O) groups is 1. The number of aromatic nitrogens is 1. The van der Waals surface area contributed by atoms with Gasteiger partial charge in [0.1, 0.15) is 5.82 Å². The molecule has 1 fully saturated rings. The normalized spacial score (nSPS) is 15.2. The highest BCUT2D eigenvalue weighted by Crippen LogP contribution is 2.15. The minimum atomic E-state index is 0.00654. The lowest BCUT2D eigenvalue weighted by atomic mass is 10.2. The summed E-state index contributed by atoms with van der Waals surface area (Å²) in [5.74, 6) is 0.455. The number of nitrogens with two attached hydrogens (primary N) is 1. The molecule has 1 aliphatic rings. The molecular formula is C18H23N5O. The lowest BCUT2D eigenvalue weighted by Crippen LogP contribution is -2.47. The molecule has 0 radical (unpaired) electrons. The van der Waals surface area contributed by atoms with E-state index in [1.807, 2.05) is 6.07 Å². The molecule has 2 aromatic rings. The van der Waals surface area contributed by atoms with Gasteiger partial charge in [0, 0.05) is 44.8 Å². The van der Waals surface area contributed by atoms with E-state index in [1.165, 1.54) is 5.69 Å². The Labute approximate surface area is 142 Å². The summed E-state index contributed by atoms with van der Waals surface area (Å²) in [6.07, 6.45) is 2.06. The molecule has 0 unspecified atom stereocenters. The summed E-state index contributed by atoms with van der Waals surface area (Å²) in [7, 11) is 0. The zero-order valence-electron chi connectivity index (χ0n) is 13.7. The van der Waals surface area contributed by atoms with Crippen molar-refractivity contribution in [1.29, 1.82) is 0 Å². The van der Waals surface area contributed by atoms with E-state index in [0.29, 0.717) is 17.9 Å². The maximum atomic E-state index is 12.0. The van der Waals surface area contributed by atoms with Crippen molar-refractivity contribution in [3.8, 4) is 0 Å². The average molecular weight is 325 g/mol. The van der Waals surface area contributed by atoms with Crippen molar-refractivity contribution in [2.75, 3.05) is 48.7 Å². The number of piperazine rings is 1. The van der Waals surface area contributed by atoms with E-state index >= 15 is 0 Å². The number of benzene rings is 1. The number of anilines is 3. The fourth-order valence-electron chi connectivity index (χ4n) is 2.83. The molecule has 24 heavy (non-hydrogen) atoms. The zero-order chi connectivity index (χ0) is 16.8. The Morgan fingerprint density at radius 2 is 1.83 bits per heavy atom. The largest absolute Gasteiger partial charge is 0.384 e. The van der Waals surface area contributed by atoms with Crippen LogP contribution in [-0.2, 0) is 4.79 Å². The molecule has 126 valence electrons. The van der Waals surface area contributed by atoms with Gasteiger partial charge in [-0.15, -0.1) is 0 Å². The van der Waals surface area contributed by atoms with Crippen molar-refractivity contribution in [2.24, 2.45) is 0 Å². The van der Waals surface area contributed by atoms with Crippen LogP contribution in [0.4, 0.5) is 17.2 Å². The topological polar surface area (TPSA) is 74.5 Å². The van der Waals surface area contributed by atoms with E-state index in [-0.39, 0.29) is 5.91 Å². The Balaban J connectivity index is 1.40. The molecule has 2 heterocycles. The summed E-state index contributed by atoms with van der Waals surface area (Å²) in [6, 6.07) is 13.9. The molecular weight excluding hydrogens is 302 g/mol. The monoisotopic (exact) mass is 325 g/mol. The molecule has 0 bridgehead atoms. The van der Waals surface area contributed by atoms with Gasteiger partial charge in [-0.25, -0.2) is 4.98 Å². The van der Waals surface area contributed by atoms with Crippen LogP contribution in [0.1, 0.15) is 6.42 Å². The predicted octanol–water partition coefficient (Wildman–Crippen LogP) is 1.81. The average Bonchev–Trinajstić information content (AvgIpc) is 2.63. The number of nitrogen functional groups attached to an aromatic ring is 1. The second-order valence-corrected chi connectivity index (χ2v) is 5.93. The van der Waals surface area contributed by atoms with Crippen LogP contribution < -0.4 is 16.0 Å². The van der Waals surface area contributed by atoms with Crippen LogP contribution in [0, 0.1) is 0 Å². The Hall–Kier alpha value is -2.60. The Morgan fingerprint density at radius 1 is 1.08 bits per heavy atom. The van der Waals surface area contributed by atoms with E-state index < -0.39 is 0 Å². The quantitative estimate of drug-likeness (QED) is 0.877. The van der Waals surface area contributed by atoms with Gasteiger partial charge >= 0.3 is 0 Å². The Kier molecular flexibility index (Phi) is 5.28. The molecule has 0 atom stereocenters. The van der Waals surface area contributed by atoms with Crippen molar-refractivity contribution in [3.63, 3.8) is 0 Å². The number of pyridine rings is 1. The van der Waals surface area contributed by atoms with Crippen LogP contribution in [-0.4, -0.2) is 48.5 Å². The smallest absolute Gasteiger partial charge is 0.225 e. The first kappa shape index (κ1) is 16.3. The SMILES string of the molecule is Nc1ccc(NC(=O)CCN2CCN(c3ccccc3)CC2)cn1. The predicted molar refractivity (Wildman–Crippen MR) is 97.0 cm³/mol. The number of para-hydroxylation sites is 1. The van der Waals surface area contributed by atoms with Crippen molar-refractivity contribution in [2.45, 2.75) is 6.42 Å². The molecule has 1 amide bonds. The highest BCUT2D eigenvalue weighted by atomic mass is 16.1. The second-order valence-electron chi connectivity index (χ2n) is 5.93. The van der Waals surface area contributed by atoms with Crippen molar-refractivity contribution < 1.29 is 4.79 Å². The molecule has 0 aliphatic carbocycles. The summed E-state index contributed by atoms with van der Waals surface area (Å²) < 4.78 is 0. The van der Waals surface area contributed by atoms with E-state index in [0.717, 1.165) is 32.7 Å². The standard InChI is InChI=1S/C18H23N5O/c19-17-7-6-15(14-20-17)21-18(24)8-9-22-10-12-23(13-11-22)16-4-2-1-3-5-16/h1-7,14H,8-13H2,(H2,19,20)(H,21,24). The lowest BCUT2D eigenvalue weighted by molar-refractivity contribution is -0.116. The molecule has 6 heteroatoms. The van der Waals surface area contributed by atoms with Crippen molar-refractivity contribution >= 4 is 23.1 Å². The first-order chi connectivity index (χ1) is 11.7. The van der Waals surface area contributed by atoms with E-state index in [9.17, 15) is 4.79 Å². The third kappa shape index (κ3) is 4.45. The molecule has 3 rings (SSSR count). The fraction of sp³-hybridized carbons (Fsp3) is 0.333. The summed E-state index contributed by atoms with van der Waals surface area (Å²) in [5, 5.41) is 2.85. The molecule has 1 aromatic carbocycles.